The average Bonchev–Trinajstić information content (AvgIpc) is 2.04. The Labute approximate surface area is 74.4 Å². The third-order valence-corrected chi connectivity index (χ3v) is 1.61. The Bertz CT molecular complexity index is 110. The topological polar surface area (TPSA) is 60.4 Å². The monoisotopic (exact) mass is 175 g/mol. The van der Waals surface area contributed by atoms with Gasteiger partial charge in [-0.05, 0) is 25.7 Å². The van der Waals surface area contributed by atoms with Gasteiger partial charge in [-0.1, -0.05) is 20.8 Å². The minimum Gasteiger partial charge on any atom is -0.550 e. The van der Waals surface area contributed by atoms with E-state index in [9.17, 15) is 9.90 Å². The van der Waals surface area contributed by atoms with E-state index in [4.69, 9.17) is 5.11 Å². The fourth-order valence-corrected chi connectivity index (χ4v) is 0.167. The molecule has 0 aliphatic heterocycles. The fraction of sp³-hybridized carbons (Fsp3) is 0.889. The first kappa shape index (κ1) is 14.0. The smallest absolute Gasteiger partial charge is 0.0509 e. The van der Waals surface area contributed by atoms with Gasteiger partial charge in [0.2, 0.25) is 0 Å². The molecule has 0 saturated carbocycles. The summed E-state index contributed by atoms with van der Waals surface area (Å²) < 4.78 is 0. The highest BCUT2D eigenvalue weighted by molar-refractivity contribution is 5.66. The largest absolute Gasteiger partial charge is 0.550 e. The Hall–Kier alpha value is -0.570. The molecule has 3 heteroatoms. The summed E-state index contributed by atoms with van der Waals surface area (Å²) in [5.74, 6) is -1.25. The molecular weight excluding hydrogens is 156 g/mol. The van der Waals surface area contributed by atoms with Gasteiger partial charge in [0.1, 0.15) is 0 Å². The van der Waals surface area contributed by atoms with E-state index in [0.29, 0.717) is 6.42 Å². The number of hydrogen-bond acceptors (Lipinski definition) is 3. The lowest BCUT2D eigenvalue weighted by Gasteiger charge is -2.06. The number of rotatable bonds is 3. The first-order valence-corrected chi connectivity index (χ1v) is 4.34. The van der Waals surface area contributed by atoms with Crippen LogP contribution in [0, 0.1) is 5.92 Å². The Morgan fingerprint density at radius 1 is 1.33 bits per heavy atom. The Morgan fingerprint density at radius 3 is 1.67 bits per heavy atom. The zero-order chi connectivity index (χ0) is 10.1. The van der Waals surface area contributed by atoms with Crippen molar-refractivity contribution in [2.45, 2.75) is 46.6 Å². The summed E-state index contributed by atoms with van der Waals surface area (Å²) in [6, 6.07) is 0. The minimum absolute atomic E-state index is 0.116. The lowest BCUT2D eigenvalue weighted by molar-refractivity contribution is -0.311. The summed E-state index contributed by atoms with van der Waals surface area (Å²) in [6.07, 6.45) is 1.40. The van der Waals surface area contributed by atoms with Crippen molar-refractivity contribution in [3.63, 3.8) is 0 Å². The molecule has 0 amide bonds. The highest BCUT2D eigenvalue weighted by Crippen LogP contribution is 1.95. The van der Waals surface area contributed by atoms with E-state index in [0.717, 1.165) is 6.42 Å². The van der Waals surface area contributed by atoms with Crippen LogP contribution in [0.15, 0.2) is 0 Å². The number of carboxylic acid groups (broad SMARTS) is 1. The summed E-state index contributed by atoms with van der Waals surface area (Å²) in [5.41, 5.74) is 0. The molecule has 0 heterocycles. The van der Waals surface area contributed by atoms with Crippen molar-refractivity contribution in [3.8, 4) is 0 Å². The second-order valence-corrected chi connectivity index (χ2v) is 2.89. The van der Waals surface area contributed by atoms with Crippen molar-refractivity contribution < 1.29 is 15.0 Å². The SMILES string of the molecule is CCC(C)C(=O)[O-].CCC(C)O. The van der Waals surface area contributed by atoms with Gasteiger partial charge < -0.3 is 15.0 Å². The van der Waals surface area contributed by atoms with Crippen LogP contribution in [-0.4, -0.2) is 17.2 Å². The van der Waals surface area contributed by atoms with Crippen molar-refractivity contribution in [2.75, 3.05) is 0 Å². The molecule has 0 fully saturated rings. The molecule has 0 bridgehead atoms. The minimum atomic E-state index is -0.956. The average molecular weight is 175 g/mol. The van der Waals surface area contributed by atoms with Crippen LogP contribution in [0.3, 0.4) is 0 Å². The summed E-state index contributed by atoms with van der Waals surface area (Å²) >= 11 is 0. The molecule has 0 radical (unpaired) electrons. The zero-order valence-corrected chi connectivity index (χ0v) is 8.33. The van der Waals surface area contributed by atoms with E-state index in [1.807, 2.05) is 13.8 Å². The molecule has 0 rings (SSSR count). The number of aliphatic hydroxyl groups excluding tert-OH is 1. The quantitative estimate of drug-likeness (QED) is 0.681. The Balaban J connectivity index is 0. The molecular formula is C9H19O3-. The van der Waals surface area contributed by atoms with E-state index in [1.165, 1.54) is 0 Å². The van der Waals surface area contributed by atoms with Gasteiger partial charge in [0, 0.05) is 5.97 Å². The van der Waals surface area contributed by atoms with Crippen LogP contribution in [0.1, 0.15) is 40.5 Å². The molecule has 0 spiro atoms. The molecule has 0 aromatic carbocycles. The number of carbonyl (C=O) groups excluding carboxylic acids is 1. The van der Waals surface area contributed by atoms with Crippen LogP contribution in [0.5, 0.6) is 0 Å². The van der Waals surface area contributed by atoms with Gasteiger partial charge in [-0.3, -0.25) is 0 Å². The second-order valence-electron chi connectivity index (χ2n) is 2.89. The van der Waals surface area contributed by atoms with Crippen molar-refractivity contribution in [2.24, 2.45) is 5.92 Å². The summed E-state index contributed by atoms with van der Waals surface area (Å²) in [7, 11) is 0. The molecule has 74 valence electrons. The van der Waals surface area contributed by atoms with Crippen LogP contribution >= 0.6 is 0 Å². The maximum atomic E-state index is 9.82. The third-order valence-electron chi connectivity index (χ3n) is 1.61. The number of aliphatic carboxylic acids is 1. The van der Waals surface area contributed by atoms with Gasteiger partial charge in [-0.25, -0.2) is 0 Å². The summed E-state index contributed by atoms with van der Waals surface area (Å²) in [6.45, 7) is 7.18. The molecule has 1 N–H and O–H groups in total. The maximum Gasteiger partial charge on any atom is 0.0509 e. The van der Waals surface area contributed by atoms with Crippen LogP contribution in [0.2, 0.25) is 0 Å². The van der Waals surface area contributed by atoms with Crippen molar-refractivity contribution in [1.29, 1.82) is 0 Å². The summed E-state index contributed by atoms with van der Waals surface area (Å²) in [5, 5.41) is 18.2. The molecule has 0 aromatic rings. The number of aliphatic hydroxyl groups is 1. The lowest BCUT2D eigenvalue weighted by atomic mass is 10.1. The number of carboxylic acids is 1. The van der Waals surface area contributed by atoms with Crippen LogP contribution in [0.4, 0.5) is 0 Å². The molecule has 0 aromatic heterocycles. The van der Waals surface area contributed by atoms with E-state index in [1.54, 1.807) is 13.8 Å². The van der Waals surface area contributed by atoms with Gasteiger partial charge in [-0.15, -0.1) is 0 Å². The van der Waals surface area contributed by atoms with Crippen LogP contribution in [-0.2, 0) is 4.79 Å². The molecule has 0 aliphatic rings. The molecule has 2 atom stereocenters. The van der Waals surface area contributed by atoms with E-state index >= 15 is 0 Å². The second kappa shape index (κ2) is 8.53. The first-order valence-electron chi connectivity index (χ1n) is 4.34. The van der Waals surface area contributed by atoms with Gasteiger partial charge in [0.05, 0.1) is 6.10 Å². The summed E-state index contributed by atoms with van der Waals surface area (Å²) in [4.78, 5) is 9.82. The van der Waals surface area contributed by atoms with E-state index in [2.05, 4.69) is 0 Å². The molecule has 3 nitrogen and oxygen atoms in total. The van der Waals surface area contributed by atoms with Gasteiger partial charge in [0.25, 0.3) is 0 Å². The third kappa shape index (κ3) is 12.1. The fourth-order valence-electron chi connectivity index (χ4n) is 0.167. The first-order chi connectivity index (χ1) is 5.45. The lowest BCUT2D eigenvalue weighted by Crippen LogP contribution is -2.28. The van der Waals surface area contributed by atoms with Crippen molar-refractivity contribution >= 4 is 5.97 Å². The zero-order valence-electron chi connectivity index (χ0n) is 8.33. The van der Waals surface area contributed by atoms with Gasteiger partial charge in [0.15, 0.2) is 0 Å². The highest BCUT2D eigenvalue weighted by Gasteiger charge is 1.94. The molecule has 0 aliphatic carbocycles. The maximum absolute atomic E-state index is 9.82. The van der Waals surface area contributed by atoms with Crippen molar-refractivity contribution in [1.82, 2.24) is 0 Å². The predicted octanol–water partition coefficient (Wildman–Crippen LogP) is 0.560. The van der Waals surface area contributed by atoms with E-state index < -0.39 is 5.97 Å². The van der Waals surface area contributed by atoms with Gasteiger partial charge in [-0.2, -0.15) is 0 Å². The predicted molar refractivity (Wildman–Crippen MR) is 46.4 cm³/mol. The molecule has 2 unspecified atom stereocenters. The Morgan fingerprint density at radius 2 is 1.67 bits per heavy atom. The molecule has 0 saturated heterocycles. The van der Waals surface area contributed by atoms with Crippen molar-refractivity contribution in [3.05, 3.63) is 0 Å². The molecule has 12 heavy (non-hydrogen) atoms. The standard InChI is InChI=1S/C5H10O2.C4H10O/c1-3-4(2)5(6)7;1-3-4(2)5/h4H,3H2,1-2H3,(H,6,7);4-5H,3H2,1-2H3/p-1. The van der Waals surface area contributed by atoms with Crippen LogP contribution < -0.4 is 5.11 Å². The normalized spacial score (nSPS) is 14.1. The van der Waals surface area contributed by atoms with Gasteiger partial charge >= 0.3 is 0 Å². The Kier molecular flexibility index (Phi) is 9.93. The highest BCUT2D eigenvalue weighted by atomic mass is 16.4. The van der Waals surface area contributed by atoms with Crippen LogP contribution in [0.25, 0.3) is 0 Å². The number of carbonyl (C=O) groups is 1. The van der Waals surface area contributed by atoms with E-state index in [-0.39, 0.29) is 12.0 Å². The number of hydrogen-bond donors (Lipinski definition) is 1.